The van der Waals surface area contributed by atoms with Crippen molar-refractivity contribution < 1.29 is 9.28 Å². The normalized spacial score (nSPS) is 11.9. The van der Waals surface area contributed by atoms with Crippen LogP contribution in [0.2, 0.25) is 0 Å². The van der Waals surface area contributed by atoms with Crippen molar-refractivity contribution in [1.82, 2.24) is 10.2 Å². The van der Waals surface area contributed by atoms with Crippen LogP contribution in [-0.4, -0.2) is 69.7 Å². The van der Waals surface area contributed by atoms with Gasteiger partial charge in [0.15, 0.2) is 6.54 Å². The smallest absolute Gasteiger partial charge is 0.275 e. The van der Waals surface area contributed by atoms with E-state index in [1.807, 2.05) is 0 Å². The summed E-state index contributed by atoms with van der Waals surface area (Å²) in [4.78, 5) is 14.3. The second kappa shape index (κ2) is 21.2. The molecule has 0 bridgehead atoms. The van der Waals surface area contributed by atoms with E-state index >= 15 is 0 Å². The first-order valence-electron chi connectivity index (χ1n) is 13.6. The van der Waals surface area contributed by atoms with E-state index in [0.717, 1.165) is 30.5 Å². The molecule has 0 saturated heterocycles. The van der Waals surface area contributed by atoms with Gasteiger partial charge in [-0.3, -0.25) is 4.79 Å². The molecule has 186 valence electrons. The van der Waals surface area contributed by atoms with Crippen LogP contribution in [0, 0.1) is 0 Å². The van der Waals surface area contributed by atoms with Crippen molar-refractivity contribution in [2.45, 2.75) is 116 Å². The van der Waals surface area contributed by atoms with Crippen molar-refractivity contribution in [3.05, 3.63) is 0 Å². The molecular formula is C27H58N3O+. The van der Waals surface area contributed by atoms with Crippen molar-refractivity contribution in [3.8, 4) is 0 Å². The number of carbonyl (C=O) groups excluding carboxylic acids is 1. The number of carbonyl (C=O) groups is 1. The quantitative estimate of drug-likeness (QED) is 0.147. The second-order valence-electron chi connectivity index (χ2n) is 10.6. The molecule has 0 aliphatic carbocycles. The Hall–Kier alpha value is -0.610. The van der Waals surface area contributed by atoms with Crippen molar-refractivity contribution in [2.75, 3.05) is 54.4 Å². The molecule has 0 aromatic heterocycles. The lowest BCUT2D eigenvalue weighted by atomic mass is 10.0. The van der Waals surface area contributed by atoms with Crippen LogP contribution in [0.3, 0.4) is 0 Å². The molecule has 0 aliphatic rings. The molecule has 0 spiro atoms. The Morgan fingerprint density at radius 2 is 1.10 bits per heavy atom. The van der Waals surface area contributed by atoms with Crippen molar-refractivity contribution in [1.29, 1.82) is 0 Å². The summed E-state index contributed by atoms with van der Waals surface area (Å²) < 4.78 is 0.804. The van der Waals surface area contributed by atoms with Crippen LogP contribution in [0.5, 0.6) is 0 Å². The van der Waals surface area contributed by atoms with Gasteiger partial charge in [0.05, 0.1) is 20.6 Å². The fourth-order valence-corrected chi connectivity index (χ4v) is 4.23. The van der Waals surface area contributed by atoms with E-state index in [0.29, 0.717) is 6.54 Å². The van der Waals surface area contributed by atoms with Gasteiger partial charge in [0.1, 0.15) is 0 Å². The molecule has 0 aliphatic heterocycles. The van der Waals surface area contributed by atoms with Gasteiger partial charge in [0.25, 0.3) is 5.91 Å². The molecular weight excluding hydrogens is 382 g/mol. The van der Waals surface area contributed by atoms with E-state index in [9.17, 15) is 4.79 Å². The molecule has 0 fully saturated rings. The zero-order valence-corrected chi connectivity index (χ0v) is 22.2. The van der Waals surface area contributed by atoms with Crippen molar-refractivity contribution in [3.63, 3.8) is 0 Å². The average molecular weight is 441 g/mol. The lowest BCUT2D eigenvalue weighted by Crippen LogP contribution is -2.48. The lowest BCUT2D eigenvalue weighted by molar-refractivity contribution is -0.882. The topological polar surface area (TPSA) is 32.3 Å². The summed E-state index contributed by atoms with van der Waals surface area (Å²) in [5.74, 6) is 0.195. The van der Waals surface area contributed by atoms with E-state index in [1.165, 1.54) is 103 Å². The minimum Gasteiger partial charge on any atom is -0.351 e. The first-order chi connectivity index (χ1) is 14.9. The maximum Gasteiger partial charge on any atom is 0.275 e. The van der Waals surface area contributed by atoms with Crippen LogP contribution in [0.15, 0.2) is 0 Å². The number of quaternary nitrogens is 1. The van der Waals surface area contributed by atoms with Gasteiger partial charge in [-0.2, -0.15) is 0 Å². The molecule has 1 amide bonds. The average Bonchev–Trinajstić information content (AvgIpc) is 2.70. The summed E-state index contributed by atoms with van der Waals surface area (Å²) in [5.41, 5.74) is 0. The monoisotopic (exact) mass is 440 g/mol. The van der Waals surface area contributed by atoms with Crippen molar-refractivity contribution >= 4 is 5.91 Å². The molecule has 4 heteroatoms. The summed E-state index contributed by atoms with van der Waals surface area (Å²) in [7, 11) is 8.51. The molecule has 4 nitrogen and oxygen atoms in total. The number of hydrogen-bond acceptors (Lipinski definition) is 2. The molecule has 0 aromatic rings. The lowest BCUT2D eigenvalue weighted by Gasteiger charge is -2.29. The number of nitrogens with zero attached hydrogens (tertiary/aromatic N) is 2. The van der Waals surface area contributed by atoms with Gasteiger partial charge in [-0.1, -0.05) is 96.8 Å². The van der Waals surface area contributed by atoms with Crippen LogP contribution in [0.1, 0.15) is 116 Å². The van der Waals surface area contributed by atoms with E-state index in [1.54, 1.807) is 0 Å². The third-order valence-corrected chi connectivity index (χ3v) is 6.29. The highest BCUT2D eigenvalue weighted by Crippen LogP contribution is 2.14. The van der Waals surface area contributed by atoms with E-state index < -0.39 is 0 Å². The Balaban J connectivity index is 3.40. The highest BCUT2D eigenvalue weighted by Gasteiger charge is 2.19. The third-order valence-electron chi connectivity index (χ3n) is 6.29. The highest BCUT2D eigenvalue weighted by atomic mass is 16.2. The van der Waals surface area contributed by atoms with Gasteiger partial charge in [0.2, 0.25) is 0 Å². The SMILES string of the molecule is CCCCCCCCCCCCCCCCCC[N+](C)(C)CC(=O)NCCCN(C)C. The van der Waals surface area contributed by atoms with Gasteiger partial charge < -0.3 is 14.7 Å². The molecule has 0 saturated carbocycles. The number of hydrogen-bond donors (Lipinski definition) is 1. The van der Waals surface area contributed by atoms with Crippen LogP contribution in [0.4, 0.5) is 0 Å². The standard InChI is InChI=1S/C27H57N3O/c1-6-7-8-9-10-11-12-13-14-15-16-17-18-19-20-21-25-30(4,5)26-27(31)28-23-22-24-29(2)3/h6-26H2,1-5H3/p+1. The molecule has 0 radical (unpaired) electrons. The summed E-state index contributed by atoms with van der Waals surface area (Å²) >= 11 is 0. The first kappa shape index (κ1) is 30.4. The molecule has 0 unspecified atom stereocenters. The van der Waals surface area contributed by atoms with Gasteiger partial charge in [-0.15, -0.1) is 0 Å². The first-order valence-corrected chi connectivity index (χ1v) is 13.6. The van der Waals surface area contributed by atoms with Crippen LogP contribution in [-0.2, 0) is 4.79 Å². The molecule has 0 atom stereocenters. The summed E-state index contributed by atoms with van der Waals surface area (Å²) in [6.07, 6.45) is 23.5. The van der Waals surface area contributed by atoms with Crippen LogP contribution < -0.4 is 5.32 Å². The highest BCUT2D eigenvalue weighted by molar-refractivity contribution is 5.76. The Labute approximate surface area is 196 Å². The largest absolute Gasteiger partial charge is 0.351 e. The Morgan fingerprint density at radius 1 is 0.677 bits per heavy atom. The maximum absolute atomic E-state index is 12.1. The summed E-state index contributed by atoms with van der Waals surface area (Å²) in [5, 5.41) is 3.07. The number of nitrogens with one attached hydrogen (secondary N) is 1. The molecule has 0 heterocycles. The fourth-order valence-electron chi connectivity index (χ4n) is 4.23. The Kier molecular flexibility index (Phi) is 20.8. The number of rotatable bonds is 23. The predicted octanol–water partition coefficient (Wildman–Crippen LogP) is 6.39. The number of amides is 1. The van der Waals surface area contributed by atoms with Gasteiger partial charge in [-0.05, 0) is 39.9 Å². The summed E-state index contributed by atoms with van der Waals surface area (Å²) in [6.45, 7) is 5.80. The van der Waals surface area contributed by atoms with Gasteiger partial charge in [-0.25, -0.2) is 0 Å². The van der Waals surface area contributed by atoms with E-state index in [2.05, 4.69) is 45.3 Å². The fraction of sp³-hybridized carbons (Fsp3) is 0.963. The third kappa shape index (κ3) is 23.9. The number of likely N-dealkylation sites (N-methyl/N-ethyl adjacent to an activating group) is 1. The molecule has 0 rings (SSSR count). The minimum absolute atomic E-state index is 0.195. The van der Waals surface area contributed by atoms with Gasteiger partial charge >= 0.3 is 0 Å². The predicted molar refractivity (Wildman–Crippen MR) is 138 cm³/mol. The van der Waals surface area contributed by atoms with Crippen molar-refractivity contribution in [2.24, 2.45) is 0 Å². The molecule has 1 N–H and O–H groups in total. The van der Waals surface area contributed by atoms with Crippen LogP contribution in [0.25, 0.3) is 0 Å². The molecule has 0 aromatic carbocycles. The Morgan fingerprint density at radius 3 is 1.52 bits per heavy atom. The molecule has 31 heavy (non-hydrogen) atoms. The van der Waals surface area contributed by atoms with Gasteiger partial charge in [0, 0.05) is 6.54 Å². The van der Waals surface area contributed by atoms with E-state index in [-0.39, 0.29) is 5.91 Å². The Bertz CT molecular complexity index is 396. The zero-order chi connectivity index (χ0) is 23.2. The van der Waals surface area contributed by atoms with Crippen LogP contribution >= 0.6 is 0 Å². The zero-order valence-electron chi connectivity index (χ0n) is 22.2. The number of unbranched alkanes of at least 4 members (excludes halogenated alkanes) is 15. The minimum atomic E-state index is 0.195. The van der Waals surface area contributed by atoms with E-state index in [4.69, 9.17) is 0 Å². The second-order valence-corrected chi connectivity index (χ2v) is 10.6. The summed E-state index contributed by atoms with van der Waals surface area (Å²) in [6, 6.07) is 0. The maximum atomic E-state index is 12.1.